The number of imidazole rings is 1. The van der Waals surface area contributed by atoms with Crippen molar-refractivity contribution in [1.82, 2.24) is 24.8 Å². The molecule has 0 unspecified atom stereocenters. The highest BCUT2D eigenvalue weighted by Crippen LogP contribution is 2.31. The molecule has 1 aromatic carbocycles. The van der Waals surface area contributed by atoms with Crippen molar-refractivity contribution in [1.29, 1.82) is 0 Å². The summed E-state index contributed by atoms with van der Waals surface area (Å²) in [6.45, 7) is 4.84. The van der Waals surface area contributed by atoms with Gasteiger partial charge in [0.25, 0.3) is 0 Å². The van der Waals surface area contributed by atoms with Crippen LogP contribution in [0.15, 0.2) is 29.2 Å². The smallest absolute Gasteiger partial charge is 0.328 e. The predicted octanol–water partition coefficient (Wildman–Crippen LogP) is 3.45. The summed E-state index contributed by atoms with van der Waals surface area (Å²) in [6, 6.07) is 5.00. The highest BCUT2D eigenvalue weighted by Gasteiger charge is 2.22. The van der Waals surface area contributed by atoms with E-state index in [1.165, 1.54) is 0 Å². The maximum atomic E-state index is 12.7. The Bertz CT molecular complexity index is 1040. The van der Waals surface area contributed by atoms with Crippen molar-refractivity contribution in [3.05, 3.63) is 50.5 Å². The van der Waals surface area contributed by atoms with Crippen LogP contribution in [-0.2, 0) is 0 Å². The van der Waals surface area contributed by atoms with Gasteiger partial charge in [-0.25, -0.2) is 9.78 Å². The minimum atomic E-state index is -0.283. The minimum Gasteiger partial charge on any atom is -0.354 e. The maximum Gasteiger partial charge on any atom is 0.328 e. The van der Waals surface area contributed by atoms with Crippen molar-refractivity contribution in [2.75, 3.05) is 25.0 Å². The molecular formula is C19H22Cl2N6O. The Morgan fingerprint density at radius 1 is 1.39 bits per heavy atom. The average Bonchev–Trinajstić information content (AvgIpc) is 3.31. The van der Waals surface area contributed by atoms with Gasteiger partial charge in [-0.15, -0.1) is 0 Å². The van der Waals surface area contributed by atoms with Gasteiger partial charge in [-0.05, 0) is 55.6 Å². The molecule has 3 N–H and O–H groups in total. The number of nitrogens with zero attached hydrogens (tertiary/aromatic N) is 3. The Morgan fingerprint density at radius 2 is 2.25 bits per heavy atom. The largest absolute Gasteiger partial charge is 0.354 e. The molecule has 1 saturated heterocycles. The number of aromatic amines is 1. The van der Waals surface area contributed by atoms with Crippen molar-refractivity contribution in [2.24, 2.45) is 5.92 Å². The summed E-state index contributed by atoms with van der Waals surface area (Å²) < 4.78 is 1.64. The standard InChI is InChI=1S/C19H22Cl2N6O/c1-2-16(13-7-12(20)3-4-14(13)21)27-17-15(25-19(27)28)10-24-18(26-17)23-9-11-5-6-22-8-11/h3-4,7,10-11,16,22H,2,5-6,8-9H2,1H3,(H,25,28)(H,23,24,26)/t11-,16+/m1/s1. The lowest BCUT2D eigenvalue weighted by molar-refractivity contribution is 0.561. The highest BCUT2D eigenvalue weighted by atomic mass is 35.5. The number of hydrogen-bond donors (Lipinski definition) is 3. The third kappa shape index (κ3) is 3.74. The molecule has 1 aliphatic rings. The topological polar surface area (TPSA) is 87.6 Å². The monoisotopic (exact) mass is 420 g/mol. The first-order valence-corrected chi connectivity index (χ1v) is 10.2. The van der Waals surface area contributed by atoms with Crippen LogP contribution in [-0.4, -0.2) is 39.2 Å². The number of nitrogens with one attached hydrogen (secondary N) is 3. The van der Waals surface area contributed by atoms with Gasteiger partial charge in [0.05, 0.1) is 12.2 Å². The second-order valence-electron chi connectivity index (χ2n) is 7.06. The Kier molecular flexibility index (Phi) is 5.57. The Morgan fingerprint density at radius 3 is 3.00 bits per heavy atom. The molecule has 148 valence electrons. The summed E-state index contributed by atoms with van der Waals surface area (Å²) in [6.07, 6.45) is 3.43. The molecule has 1 aliphatic heterocycles. The molecule has 1 fully saturated rings. The highest BCUT2D eigenvalue weighted by molar-refractivity contribution is 6.33. The van der Waals surface area contributed by atoms with Crippen LogP contribution in [0.25, 0.3) is 11.2 Å². The fraction of sp³-hybridized carbons (Fsp3) is 0.421. The van der Waals surface area contributed by atoms with E-state index in [0.717, 1.165) is 31.6 Å². The molecule has 0 aliphatic carbocycles. The summed E-state index contributed by atoms with van der Waals surface area (Å²) in [5.41, 5.74) is 1.69. The van der Waals surface area contributed by atoms with Crippen LogP contribution in [0.2, 0.25) is 10.0 Å². The van der Waals surface area contributed by atoms with Gasteiger partial charge in [-0.1, -0.05) is 30.1 Å². The van der Waals surface area contributed by atoms with Crippen LogP contribution in [0, 0.1) is 5.92 Å². The number of hydrogen-bond acceptors (Lipinski definition) is 5. The lowest BCUT2D eigenvalue weighted by Crippen LogP contribution is -2.23. The van der Waals surface area contributed by atoms with Gasteiger partial charge in [-0.3, -0.25) is 4.57 Å². The number of H-pyrrole nitrogens is 1. The van der Waals surface area contributed by atoms with Gasteiger partial charge in [0.1, 0.15) is 5.52 Å². The van der Waals surface area contributed by atoms with Gasteiger partial charge in [-0.2, -0.15) is 4.98 Å². The van der Waals surface area contributed by atoms with Crippen molar-refractivity contribution in [2.45, 2.75) is 25.8 Å². The Labute approximate surface area is 172 Å². The van der Waals surface area contributed by atoms with E-state index in [1.807, 2.05) is 6.92 Å². The quantitative estimate of drug-likeness (QED) is 0.568. The number of rotatable bonds is 6. The SMILES string of the molecule is CC[C@@H](c1cc(Cl)ccc1Cl)n1c(=O)[nH]c2cnc(NC[C@@H]3CCNC3)nc21. The Balaban J connectivity index is 1.72. The molecule has 2 aromatic heterocycles. The van der Waals surface area contributed by atoms with Crippen molar-refractivity contribution in [3.63, 3.8) is 0 Å². The molecule has 28 heavy (non-hydrogen) atoms. The van der Waals surface area contributed by atoms with Crippen LogP contribution >= 0.6 is 23.2 Å². The number of halogens is 2. The second-order valence-corrected chi connectivity index (χ2v) is 7.90. The number of benzene rings is 1. The normalized spacial score (nSPS) is 17.9. The molecule has 3 heterocycles. The molecule has 0 saturated carbocycles. The van der Waals surface area contributed by atoms with E-state index in [4.69, 9.17) is 23.2 Å². The average molecular weight is 421 g/mol. The van der Waals surface area contributed by atoms with Crippen LogP contribution in [0.5, 0.6) is 0 Å². The molecular weight excluding hydrogens is 399 g/mol. The van der Waals surface area contributed by atoms with Crippen molar-refractivity contribution in [3.8, 4) is 0 Å². The molecule has 0 spiro atoms. The third-order valence-corrected chi connectivity index (χ3v) is 5.76. The van der Waals surface area contributed by atoms with Gasteiger partial charge >= 0.3 is 5.69 Å². The number of fused-ring (bicyclic) bond motifs is 1. The van der Waals surface area contributed by atoms with Crippen molar-refractivity contribution < 1.29 is 0 Å². The predicted molar refractivity (Wildman–Crippen MR) is 113 cm³/mol. The van der Waals surface area contributed by atoms with E-state index in [0.29, 0.717) is 39.5 Å². The molecule has 3 aromatic rings. The van der Waals surface area contributed by atoms with Gasteiger partial charge in [0, 0.05) is 16.6 Å². The van der Waals surface area contributed by atoms with Gasteiger partial charge < -0.3 is 15.6 Å². The molecule has 4 rings (SSSR count). The van der Waals surface area contributed by atoms with Crippen LogP contribution in [0.1, 0.15) is 31.4 Å². The lowest BCUT2D eigenvalue weighted by atomic mass is 10.0. The molecule has 9 heteroatoms. The zero-order valence-electron chi connectivity index (χ0n) is 15.5. The van der Waals surface area contributed by atoms with E-state index in [9.17, 15) is 4.79 Å². The minimum absolute atomic E-state index is 0.246. The number of anilines is 1. The molecule has 0 bridgehead atoms. The first kappa shape index (κ1) is 19.2. The van der Waals surface area contributed by atoms with Crippen LogP contribution in [0.3, 0.4) is 0 Å². The summed E-state index contributed by atoms with van der Waals surface area (Å²) in [5.74, 6) is 1.07. The van der Waals surface area contributed by atoms with E-state index >= 15 is 0 Å². The lowest BCUT2D eigenvalue weighted by Gasteiger charge is -2.19. The van der Waals surface area contributed by atoms with E-state index in [-0.39, 0.29) is 11.7 Å². The van der Waals surface area contributed by atoms with Crippen LogP contribution in [0.4, 0.5) is 5.95 Å². The summed E-state index contributed by atoms with van der Waals surface area (Å²) in [7, 11) is 0. The molecule has 0 amide bonds. The summed E-state index contributed by atoms with van der Waals surface area (Å²) in [4.78, 5) is 24.5. The fourth-order valence-corrected chi connectivity index (χ4v) is 4.15. The van der Waals surface area contributed by atoms with E-state index in [2.05, 4.69) is 25.6 Å². The summed E-state index contributed by atoms with van der Waals surface area (Å²) in [5, 5.41) is 7.79. The maximum absolute atomic E-state index is 12.7. The molecule has 0 radical (unpaired) electrons. The Hall–Kier alpha value is -2.09. The summed E-state index contributed by atoms with van der Waals surface area (Å²) >= 11 is 12.6. The zero-order chi connectivity index (χ0) is 19.7. The first-order valence-electron chi connectivity index (χ1n) is 9.43. The first-order chi connectivity index (χ1) is 13.6. The molecule has 7 nitrogen and oxygen atoms in total. The second kappa shape index (κ2) is 8.11. The fourth-order valence-electron chi connectivity index (χ4n) is 3.73. The van der Waals surface area contributed by atoms with Crippen LogP contribution < -0.4 is 16.3 Å². The zero-order valence-corrected chi connectivity index (χ0v) is 17.0. The third-order valence-electron chi connectivity index (χ3n) is 5.18. The molecule has 2 atom stereocenters. The van der Waals surface area contributed by atoms with E-state index < -0.39 is 0 Å². The van der Waals surface area contributed by atoms with Crippen molar-refractivity contribution >= 4 is 40.3 Å². The van der Waals surface area contributed by atoms with E-state index in [1.54, 1.807) is 29.0 Å². The number of aromatic nitrogens is 4. The van der Waals surface area contributed by atoms with Gasteiger partial charge in [0.15, 0.2) is 5.65 Å². The van der Waals surface area contributed by atoms with Gasteiger partial charge in [0.2, 0.25) is 5.95 Å².